The van der Waals surface area contributed by atoms with Crippen LogP contribution >= 0.6 is 0 Å². The van der Waals surface area contributed by atoms with Crippen molar-refractivity contribution in [2.24, 2.45) is 0 Å². The molecule has 3 atom stereocenters. The molecule has 2 rings (SSSR count). The maximum Gasteiger partial charge on any atom is 0.0565 e. The molecule has 2 fully saturated rings. The third-order valence-corrected chi connectivity index (χ3v) is 4.01. The first-order chi connectivity index (χ1) is 7.65. The van der Waals surface area contributed by atoms with E-state index in [0.29, 0.717) is 18.2 Å². The van der Waals surface area contributed by atoms with E-state index in [2.05, 4.69) is 31.1 Å². The van der Waals surface area contributed by atoms with Crippen molar-refractivity contribution < 1.29 is 4.74 Å². The number of rotatable bonds is 3. The fourth-order valence-corrected chi connectivity index (χ4v) is 3.11. The molecule has 0 bridgehead atoms. The van der Waals surface area contributed by atoms with Crippen LogP contribution in [-0.2, 0) is 4.74 Å². The Bertz CT molecular complexity index is 212. The highest BCUT2D eigenvalue weighted by molar-refractivity contribution is 4.83. The summed E-state index contributed by atoms with van der Waals surface area (Å²) in [5.74, 6) is 0. The van der Waals surface area contributed by atoms with Gasteiger partial charge in [-0.2, -0.15) is 0 Å². The largest absolute Gasteiger partial charge is 0.375 e. The molecule has 0 spiro atoms. The predicted octanol–water partition coefficient (Wildman–Crippen LogP) is 1.63. The lowest BCUT2D eigenvalue weighted by Crippen LogP contribution is -2.45. The first kappa shape index (κ1) is 12.3. The Hall–Kier alpha value is -0.120. The van der Waals surface area contributed by atoms with Crippen LogP contribution in [0.15, 0.2) is 0 Å². The summed E-state index contributed by atoms with van der Waals surface area (Å²) in [6.07, 6.45) is 5.90. The van der Waals surface area contributed by atoms with Crippen molar-refractivity contribution in [3.05, 3.63) is 0 Å². The van der Waals surface area contributed by atoms with Crippen LogP contribution in [0.3, 0.4) is 0 Å². The number of nitrogens with one attached hydrogen (secondary N) is 1. The maximum atomic E-state index is 5.76. The summed E-state index contributed by atoms with van der Waals surface area (Å²) in [7, 11) is 2.24. The Balaban J connectivity index is 1.72. The van der Waals surface area contributed by atoms with Gasteiger partial charge in [0.1, 0.15) is 0 Å². The van der Waals surface area contributed by atoms with Crippen molar-refractivity contribution in [3.8, 4) is 0 Å². The molecule has 0 aliphatic carbocycles. The molecule has 2 heterocycles. The van der Waals surface area contributed by atoms with Gasteiger partial charge in [0.05, 0.1) is 12.2 Å². The van der Waals surface area contributed by atoms with E-state index in [1.54, 1.807) is 0 Å². The van der Waals surface area contributed by atoms with Crippen LogP contribution in [0.2, 0.25) is 0 Å². The van der Waals surface area contributed by atoms with Gasteiger partial charge in [-0.3, -0.25) is 0 Å². The molecule has 0 saturated carbocycles. The van der Waals surface area contributed by atoms with Crippen molar-refractivity contribution >= 4 is 0 Å². The highest BCUT2D eigenvalue weighted by Gasteiger charge is 2.26. The number of hydrogen-bond acceptors (Lipinski definition) is 3. The molecule has 16 heavy (non-hydrogen) atoms. The third-order valence-electron chi connectivity index (χ3n) is 4.01. The molecule has 0 aromatic carbocycles. The molecule has 0 aromatic heterocycles. The van der Waals surface area contributed by atoms with Gasteiger partial charge in [0, 0.05) is 18.6 Å². The molecular formula is C13H26N2O. The van der Waals surface area contributed by atoms with Crippen molar-refractivity contribution in [1.29, 1.82) is 0 Å². The Kier molecular flexibility index (Phi) is 4.22. The van der Waals surface area contributed by atoms with E-state index in [4.69, 9.17) is 4.74 Å². The Labute approximate surface area is 99.5 Å². The van der Waals surface area contributed by atoms with Crippen LogP contribution in [0.4, 0.5) is 0 Å². The second-order valence-corrected chi connectivity index (χ2v) is 5.61. The lowest BCUT2D eigenvalue weighted by atomic mass is 9.99. The molecule has 0 aromatic rings. The highest BCUT2D eigenvalue weighted by atomic mass is 16.5. The zero-order chi connectivity index (χ0) is 11.5. The zero-order valence-corrected chi connectivity index (χ0v) is 10.9. The summed E-state index contributed by atoms with van der Waals surface area (Å²) < 4.78 is 5.76. The van der Waals surface area contributed by atoms with Crippen LogP contribution in [-0.4, -0.2) is 49.3 Å². The highest BCUT2D eigenvalue weighted by Crippen LogP contribution is 2.20. The summed E-state index contributed by atoms with van der Waals surface area (Å²) >= 11 is 0. The standard InChI is InChI=1S/C13H26N2O/c1-10-7-12(8-11(2)16-10)14-9-13-5-4-6-15(13)3/h10-14H,4-9H2,1-3H3. The van der Waals surface area contributed by atoms with Crippen molar-refractivity contribution in [2.45, 2.75) is 63.8 Å². The summed E-state index contributed by atoms with van der Waals surface area (Å²) in [6.45, 7) is 6.80. The van der Waals surface area contributed by atoms with Crippen LogP contribution in [0.1, 0.15) is 39.5 Å². The molecule has 2 saturated heterocycles. The monoisotopic (exact) mass is 226 g/mol. The van der Waals surface area contributed by atoms with E-state index in [1.165, 1.54) is 32.2 Å². The fourth-order valence-electron chi connectivity index (χ4n) is 3.11. The third kappa shape index (κ3) is 3.19. The van der Waals surface area contributed by atoms with Crippen molar-refractivity contribution in [1.82, 2.24) is 10.2 Å². The second-order valence-electron chi connectivity index (χ2n) is 5.61. The Morgan fingerprint density at radius 3 is 2.50 bits per heavy atom. The molecule has 3 heteroatoms. The summed E-state index contributed by atoms with van der Waals surface area (Å²) in [6, 6.07) is 1.42. The molecule has 0 amide bonds. The average Bonchev–Trinajstić information content (AvgIpc) is 2.59. The first-order valence-corrected chi connectivity index (χ1v) is 6.74. The van der Waals surface area contributed by atoms with Crippen LogP contribution in [0.5, 0.6) is 0 Å². The van der Waals surface area contributed by atoms with Gasteiger partial charge in [0.15, 0.2) is 0 Å². The van der Waals surface area contributed by atoms with E-state index < -0.39 is 0 Å². The van der Waals surface area contributed by atoms with E-state index in [9.17, 15) is 0 Å². The van der Waals surface area contributed by atoms with Crippen LogP contribution in [0.25, 0.3) is 0 Å². The normalized spacial score (nSPS) is 41.4. The van der Waals surface area contributed by atoms with Gasteiger partial charge in [-0.15, -0.1) is 0 Å². The summed E-state index contributed by atoms with van der Waals surface area (Å²) in [5, 5.41) is 3.73. The smallest absolute Gasteiger partial charge is 0.0565 e. The minimum absolute atomic E-state index is 0.419. The van der Waals surface area contributed by atoms with E-state index in [-0.39, 0.29) is 0 Å². The number of likely N-dealkylation sites (tertiary alicyclic amines) is 1. The Morgan fingerprint density at radius 2 is 1.94 bits per heavy atom. The molecular weight excluding hydrogens is 200 g/mol. The lowest BCUT2D eigenvalue weighted by Gasteiger charge is -2.34. The molecule has 2 aliphatic heterocycles. The van der Waals surface area contributed by atoms with Gasteiger partial charge in [0.2, 0.25) is 0 Å². The quantitative estimate of drug-likeness (QED) is 0.791. The fraction of sp³-hybridized carbons (Fsp3) is 1.00. The van der Waals surface area contributed by atoms with Crippen molar-refractivity contribution in [2.75, 3.05) is 20.1 Å². The Morgan fingerprint density at radius 1 is 1.25 bits per heavy atom. The van der Waals surface area contributed by atoms with Crippen LogP contribution in [0, 0.1) is 0 Å². The molecule has 3 unspecified atom stereocenters. The number of likely N-dealkylation sites (N-methyl/N-ethyl adjacent to an activating group) is 1. The molecule has 1 N–H and O–H groups in total. The minimum Gasteiger partial charge on any atom is -0.375 e. The number of nitrogens with zero attached hydrogens (tertiary/aromatic N) is 1. The second kappa shape index (κ2) is 5.48. The first-order valence-electron chi connectivity index (χ1n) is 6.74. The number of ether oxygens (including phenoxy) is 1. The molecule has 3 nitrogen and oxygen atoms in total. The van der Waals surface area contributed by atoms with E-state index in [1.807, 2.05) is 0 Å². The van der Waals surface area contributed by atoms with Crippen LogP contribution < -0.4 is 5.32 Å². The maximum absolute atomic E-state index is 5.76. The summed E-state index contributed by atoms with van der Waals surface area (Å²) in [4.78, 5) is 2.49. The topological polar surface area (TPSA) is 24.5 Å². The predicted molar refractivity (Wildman–Crippen MR) is 66.7 cm³/mol. The van der Waals surface area contributed by atoms with E-state index >= 15 is 0 Å². The molecule has 2 aliphatic rings. The van der Waals surface area contributed by atoms with Gasteiger partial charge < -0.3 is 15.0 Å². The molecule has 94 valence electrons. The van der Waals surface area contributed by atoms with Gasteiger partial charge >= 0.3 is 0 Å². The van der Waals surface area contributed by atoms with Gasteiger partial charge in [0.25, 0.3) is 0 Å². The average molecular weight is 226 g/mol. The number of hydrogen-bond donors (Lipinski definition) is 1. The summed E-state index contributed by atoms with van der Waals surface area (Å²) in [5.41, 5.74) is 0. The van der Waals surface area contributed by atoms with E-state index in [0.717, 1.165) is 12.6 Å². The minimum atomic E-state index is 0.419. The zero-order valence-electron chi connectivity index (χ0n) is 10.9. The van der Waals surface area contributed by atoms with Gasteiger partial charge in [-0.05, 0) is 53.1 Å². The molecule has 0 radical (unpaired) electrons. The van der Waals surface area contributed by atoms with Gasteiger partial charge in [-0.1, -0.05) is 0 Å². The SMILES string of the molecule is CC1CC(NCC2CCCN2C)CC(C)O1. The van der Waals surface area contributed by atoms with Gasteiger partial charge in [-0.25, -0.2) is 0 Å². The lowest BCUT2D eigenvalue weighted by molar-refractivity contribution is -0.0425. The van der Waals surface area contributed by atoms with Crippen molar-refractivity contribution in [3.63, 3.8) is 0 Å².